The lowest BCUT2D eigenvalue weighted by molar-refractivity contribution is -0.149. The van der Waals surface area contributed by atoms with Gasteiger partial charge in [-0.1, -0.05) is 13.2 Å². The summed E-state index contributed by atoms with van der Waals surface area (Å²) in [4.78, 5) is 36.0. The Balaban J connectivity index is 2.02. The van der Waals surface area contributed by atoms with Crippen LogP contribution in [0.25, 0.3) is 0 Å². The highest BCUT2D eigenvalue weighted by molar-refractivity contribution is 5.91. The lowest BCUT2D eigenvalue weighted by atomic mass is 9.82. The van der Waals surface area contributed by atoms with E-state index in [0.717, 1.165) is 0 Å². The van der Waals surface area contributed by atoms with Crippen molar-refractivity contribution in [3.05, 3.63) is 36.0 Å². The number of rotatable bonds is 4. The summed E-state index contributed by atoms with van der Waals surface area (Å²) in [6.07, 6.45) is -0.348. The quantitative estimate of drug-likeness (QED) is 0.245. The van der Waals surface area contributed by atoms with Crippen LogP contribution in [0.5, 0.6) is 0 Å². The van der Waals surface area contributed by atoms with Crippen molar-refractivity contribution in [3.63, 3.8) is 0 Å². The fourth-order valence-electron chi connectivity index (χ4n) is 3.97. The van der Waals surface area contributed by atoms with Gasteiger partial charge in [0.1, 0.15) is 18.3 Å². The van der Waals surface area contributed by atoms with Crippen LogP contribution in [-0.2, 0) is 33.3 Å². The van der Waals surface area contributed by atoms with Crippen LogP contribution in [0.2, 0.25) is 0 Å². The van der Waals surface area contributed by atoms with E-state index in [0.29, 0.717) is 18.4 Å². The molecule has 0 aromatic heterocycles. The average molecular weight is 406 g/mol. The summed E-state index contributed by atoms with van der Waals surface area (Å²) in [5.41, 5.74) is 0.151. The van der Waals surface area contributed by atoms with Crippen molar-refractivity contribution in [2.45, 2.75) is 63.6 Å². The van der Waals surface area contributed by atoms with E-state index in [9.17, 15) is 19.5 Å². The Hall–Kier alpha value is -2.45. The maximum Gasteiger partial charge on any atom is 0.334 e. The second-order valence-electron chi connectivity index (χ2n) is 8.00. The minimum atomic E-state index is -0.822. The maximum absolute atomic E-state index is 12.2. The maximum atomic E-state index is 12.2. The molecule has 0 unspecified atom stereocenters. The second-order valence-corrected chi connectivity index (χ2v) is 8.00. The molecule has 6 atom stereocenters. The third kappa shape index (κ3) is 4.28. The van der Waals surface area contributed by atoms with E-state index in [4.69, 9.17) is 18.9 Å². The van der Waals surface area contributed by atoms with Crippen LogP contribution >= 0.6 is 0 Å². The largest absolute Gasteiger partial charge is 0.458 e. The zero-order chi connectivity index (χ0) is 21.5. The first kappa shape index (κ1) is 21.3. The van der Waals surface area contributed by atoms with Crippen molar-refractivity contribution in [3.8, 4) is 0 Å². The smallest absolute Gasteiger partial charge is 0.334 e. The summed E-state index contributed by atoms with van der Waals surface area (Å²) < 4.78 is 22.3. The van der Waals surface area contributed by atoms with E-state index in [2.05, 4.69) is 13.2 Å². The highest BCUT2D eigenvalue weighted by Crippen LogP contribution is 2.48. The van der Waals surface area contributed by atoms with E-state index >= 15 is 0 Å². The normalized spacial score (nSPS) is 37.9. The summed E-state index contributed by atoms with van der Waals surface area (Å²) >= 11 is 0. The molecule has 2 aliphatic heterocycles. The number of aliphatic hydroxyl groups is 1. The Bertz CT molecular complexity index is 797. The van der Waals surface area contributed by atoms with Crippen molar-refractivity contribution in [1.82, 2.24) is 0 Å². The topological polar surface area (TPSA) is 112 Å². The minimum absolute atomic E-state index is 0.175. The molecular weight excluding hydrogens is 380 g/mol. The molecule has 2 heterocycles. The van der Waals surface area contributed by atoms with Gasteiger partial charge in [0.2, 0.25) is 0 Å². The van der Waals surface area contributed by atoms with Gasteiger partial charge in [-0.05, 0) is 25.5 Å². The Morgan fingerprint density at radius 1 is 1.34 bits per heavy atom. The number of aliphatic hydroxyl groups excluding tert-OH is 1. The summed E-state index contributed by atoms with van der Waals surface area (Å²) in [7, 11) is 0. The third-order valence-corrected chi connectivity index (χ3v) is 5.62. The number of fused-ring (bicyclic) bond motifs is 2. The van der Waals surface area contributed by atoms with Gasteiger partial charge in [-0.3, -0.25) is 4.79 Å². The lowest BCUT2D eigenvalue weighted by Crippen LogP contribution is -2.38. The number of carbonyl (C=O) groups is 3. The predicted octanol–water partition coefficient (Wildman–Crippen LogP) is 1.37. The molecule has 8 heteroatoms. The molecule has 0 amide bonds. The fraction of sp³-hybridized carbons (Fsp3) is 0.571. The molecule has 0 radical (unpaired) electrons. The van der Waals surface area contributed by atoms with Gasteiger partial charge in [-0.2, -0.15) is 0 Å². The Labute approximate surface area is 169 Å². The molecule has 0 aromatic carbocycles. The molecule has 158 valence electrons. The van der Waals surface area contributed by atoms with Crippen molar-refractivity contribution in [1.29, 1.82) is 0 Å². The van der Waals surface area contributed by atoms with Gasteiger partial charge in [0, 0.05) is 30.9 Å². The molecule has 1 N–H and O–H groups in total. The van der Waals surface area contributed by atoms with Gasteiger partial charge in [0.15, 0.2) is 0 Å². The van der Waals surface area contributed by atoms with Gasteiger partial charge in [0.05, 0.1) is 24.2 Å². The molecule has 8 nitrogen and oxygen atoms in total. The Morgan fingerprint density at radius 3 is 2.62 bits per heavy atom. The number of hydrogen-bond acceptors (Lipinski definition) is 8. The van der Waals surface area contributed by atoms with Gasteiger partial charge >= 0.3 is 17.9 Å². The van der Waals surface area contributed by atoms with E-state index in [1.54, 1.807) is 6.08 Å². The minimum Gasteiger partial charge on any atom is -0.458 e. The molecule has 0 bridgehead atoms. The number of carbonyl (C=O) groups excluding carboxylic acids is 3. The standard InChI is InChI=1S/C21H26O8/c1-10(2)19(24)28-16-8-21(5)17(29-21)7-14(26-12(4)23)13(9-22)6-15-18(16)11(3)20(25)27-15/h6,14-18,22H,1,3,7-9H2,2,4-5H3/b13-6-/t14-,15-,16+,17+,18-,21-/m0/s1. The van der Waals surface area contributed by atoms with Gasteiger partial charge in [-0.25, -0.2) is 9.59 Å². The molecule has 0 saturated carbocycles. The Kier molecular flexibility index (Phi) is 5.69. The van der Waals surface area contributed by atoms with E-state index < -0.39 is 54.3 Å². The lowest BCUT2D eigenvalue weighted by Gasteiger charge is -2.29. The van der Waals surface area contributed by atoms with Gasteiger partial charge in [0.25, 0.3) is 0 Å². The first-order chi connectivity index (χ1) is 13.6. The molecule has 0 aromatic rings. The summed E-state index contributed by atoms with van der Waals surface area (Å²) in [6, 6.07) is 0. The van der Waals surface area contributed by atoms with Crippen LogP contribution in [0.1, 0.15) is 33.6 Å². The summed E-state index contributed by atoms with van der Waals surface area (Å²) in [5, 5.41) is 9.89. The van der Waals surface area contributed by atoms with Crippen molar-refractivity contribution < 1.29 is 38.4 Å². The van der Waals surface area contributed by atoms with Crippen LogP contribution in [0.4, 0.5) is 0 Å². The van der Waals surface area contributed by atoms with Gasteiger partial charge in [-0.15, -0.1) is 0 Å². The van der Waals surface area contributed by atoms with Crippen LogP contribution in [0.15, 0.2) is 36.0 Å². The molecule has 2 fully saturated rings. The number of epoxide rings is 1. The molecule has 3 aliphatic rings. The van der Waals surface area contributed by atoms with Crippen LogP contribution in [0.3, 0.4) is 0 Å². The number of esters is 3. The fourth-order valence-corrected chi connectivity index (χ4v) is 3.97. The second kappa shape index (κ2) is 7.76. The molecule has 3 rings (SSSR count). The molecule has 2 saturated heterocycles. The zero-order valence-corrected chi connectivity index (χ0v) is 16.8. The average Bonchev–Trinajstić information content (AvgIpc) is 3.16. The number of ether oxygens (including phenoxy) is 4. The van der Waals surface area contributed by atoms with Crippen molar-refractivity contribution in [2.24, 2.45) is 5.92 Å². The molecular formula is C21H26O8. The van der Waals surface area contributed by atoms with Crippen molar-refractivity contribution in [2.75, 3.05) is 6.61 Å². The van der Waals surface area contributed by atoms with E-state index in [1.807, 2.05) is 6.92 Å². The predicted molar refractivity (Wildman–Crippen MR) is 100 cm³/mol. The first-order valence-corrected chi connectivity index (χ1v) is 9.48. The highest BCUT2D eigenvalue weighted by Gasteiger charge is 2.58. The summed E-state index contributed by atoms with van der Waals surface area (Å²) in [5.74, 6) is -2.34. The van der Waals surface area contributed by atoms with Gasteiger partial charge < -0.3 is 24.1 Å². The zero-order valence-electron chi connectivity index (χ0n) is 16.8. The van der Waals surface area contributed by atoms with Crippen LogP contribution in [-0.4, -0.2) is 59.6 Å². The van der Waals surface area contributed by atoms with Crippen LogP contribution < -0.4 is 0 Å². The monoisotopic (exact) mass is 406 g/mol. The molecule has 1 aliphatic carbocycles. The highest BCUT2D eigenvalue weighted by atomic mass is 16.6. The molecule has 29 heavy (non-hydrogen) atoms. The number of hydrogen-bond donors (Lipinski definition) is 1. The third-order valence-electron chi connectivity index (χ3n) is 5.62. The Morgan fingerprint density at radius 2 is 2.03 bits per heavy atom. The van der Waals surface area contributed by atoms with Crippen molar-refractivity contribution >= 4 is 17.9 Å². The summed E-state index contributed by atoms with van der Waals surface area (Å²) in [6.45, 7) is 11.7. The van der Waals surface area contributed by atoms with Crippen LogP contribution in [0, 0.1) is 5.92 Å². The van der Waals surface area contributed by atoms with E-state index in [1.165, 1.54) is 13.8 Å². The molecule has 0 spiro atoms. The SMILES string of the molecule is C=C(C)C(=O)O[C@@H]1C[C@]2(C)O[C@@H]2C[C@H](OC(C)=O)/C(CO)=C\[C@@H]2OC(=O)C(=C)[C@@H]21. The first-order valence-electron chi connectivity index (χ1n) is 9.48. The van der Waals surface area contributed by atoms with E-state index in [-0.39, 0.29) is 17.3 Å².